The highest BCUT2D eigenvalue weighted by Crippen LogP contribution is 2.25. The van der Waals surface area contributed by atoms with Gasteiger partial charge in [0.2, 0.25) is 5.91 Å². The molecule has 0 bridgehead atoms. The second-order valence-corrected chi connectivity index (χ2v) is 4.67. The van der Waals surface area contributed by atoms with E-state index in [0.29, 0.717) is 12.4 Å². The standard InChI is InChI=1S/C18H17F2NO3/c1-2-23-15-9-5-3-7-13(15)11-12-17(22)21-14-8-4-6-10-16(14)24-18(19)20/h3-12,18H,2H2,1H3,(H,21,22)/b12-11+. The molecule has 0 spiro atoms. The van der Waals surface area contributed by atoms with Gasteiger partial charge in [-0.05, 0) is 31.2 Å². The van der Waals surface area contributed by atoms with Crippen molar-refractivity contribution in [3.8, 4) is 11.5 Å². The van der Waals surface area contributed by atoms with E-state index in [1.807, 2.05) is 25.1 Å². The van der Waals surface area contributed by atoms with Crippen molar-refractivity contribution in [3.63, 3.8) is 0 Å². The van der Waals surface area contributed by atoms with E-state index in [0.717, 1.165) is 5.56 Å². The number of carbonyl (C=O) groups is 1. The molecule has 0 saturated heterocycles. The van der Waals surface area contributed by atoms with Crippen molar-refractivity contribution in [2.75, 3.05) is 11.9 Å². The summed E-state index contributed by atoms with van der Waals surface area (Å²) in [4.78, 5) is 12.0. The maximum Gasteiger partial charge on any atom is 0.387 e. The first kappa shape index (κ1) is 17.5. The number of rotatable bonds is 7. The highest BCUT2D eigenvalue weighted by Gasteiger charge is 2.10. The lowest BCUT2D eigenvalue weighted by molar-refractivity contribution is -0.111. The lowest BCUT2D eigenvalue weighted by Crippen LogP contribution is -2.11. The largest absolute Gasteiger partial charge is 0.493 e. The van der Waals surface area contributed by atoms with Crippen LogP contribution in [-0.2, 0) is 4.79 Å². The minimum Gasteiger partial charge on any atom is -0.493 e. The molecule has 126 valence electrons. The molecule has 4 nitrogen and oxygen atoms in total. The van der Waals surface area contributed by atoms with E-state index < -0.39 is 12.5 Å². The number of hydrogen-bond donors (Lipinski definition) is 1. The van der Waals surface area contributed by atoms with Crippen LogP contribution >= 0.6 is 0 Å². The number of halogens is 2. The van der Waals surface area contributed by atoms with Crippen molar-refractivity contribution >= 4 is 17.7 Å². The first-order valence-electron chi connectivity index (χ1n) is 7.35. The number of benzene rings is 2. The normalized spacial score (nSPS) is 10.8. The summed E-state index contributed by atoms with van der Waals surface area (Å²) in [6.07, 6.45) is 2.90. The average molecular weight is 333 g/mol. The molecule has 0 heterocycles. The Morgan fingerprint density at radius 3 is 2.50 bits per heavy atom. The summed E-state index contributed by atoms with van der Waals surface area (Å²) in [6.45, 7) is -0.584. The smallest absolute Gasteiger partial charge is 0.387 e. The first-order valence-corrected chi connectivity index (χ1v) is 7.35. The number of ether oxygens (including phenoxy) is 2. The summed E-state index contributed by atoms with van der Waals surface area (Å²) in [5, 5.41) is 2.51. The highest BCUT2D eigenvalue weighted by atomic mass is 19.3. The Bertz CT molecular complexity index is 717. The number of hydrogen-bond acceptors (Lipinski definition) is 3. The minimum absolute atomic E-state index is 0.0935. The Labute approximate surface area is 138 Å². The molecule has 1 amide bonds. The van der Waals surface area contributed by atoms with Crippen LogP contribution < -0.4 is 14.8 Å². The Kier molecular flexibility index (Phi) is 6.31. The van der Waals surface area contributed by atoms with Gasteiger partial charge in [-0.3, -0.25) is 4.79 Å². The Morgan fingerprint density at radius 2 is 1.79 bits per heavy atom. The van der Waals surface area contributed by atoms with E-state index in [4.69, 9.17) is 4.74 Å². The second-order valence-electron chi connectivity index (χ2n) is 4.67. The fraction of sp³-hybridized carbons (Fsp3) is 0.167. The summed E-state index contributed by atoms with van der Waals surface area (Å²) in [5.41, 5.74) is 0.914. The van der Waals surface area contributed by atoms with Gasteiger partial charge in [-0.1, -0.05) is 30.3 Å². The van der Waals surface area contributed by atoms with Gasteiger partial charge < -0.3 is 14.8 Å². The fourth-order valence-electron chi connectivity index (χ4n) is 2.01. The number of carbonyl (C=O) groups excluding carboxylic acids is 1. The lowest BCUT2D eigenvalue weighted by Gasteiger charge is -2.10. The van der Waals surface area contributed by atoms with E-state index in [-0.39, 0.29) is 11.4 Å². The van der Waals surface area contributed by atoms with Crippen molar-refractivity contribution in [2.24, 2.45) is 0 Å². The van der Waals surface area contributed by atoms with Crippen LogP contribution in [0, 0.1) is 0 Å². The monoisotopic (exact) mass is 333 g/mol. The number of nitrogens with one attached hydrogen (secondary N) is 1. The predicted molar refractivity (Wildman–Crippen MR) is 88.3 cm³/mol. The zero-order chi connectivity index (χ0) is 17.4. The van der Waals surface area contributed by atoms with E-state index in [1.165, 1.54) is 18.2 Å². The highest BCUT2D eigenvalue weighted by molar-refractivity contribution is 6.02. The lowest BCUT2D eigenvalue weighted by atomic mass is 10.2. The first-order chi connectivity index (χ1) is 11.6. The number of alkyl halides is 2. The molecule has 0 radical (unpaired) electrons. The van der Waals surface area contributed by atoms with Gasteiger partial charge in [0.1, 0.15) is 11.5 Å². The predicted octanol–water partition coefficient (Wildman–Crippen LogP) is 4.34. The van der Waals surface area contributed by atoms with Crippen LogP contribution in [0.3, 0.4) is 0 Å². The van der Waals surface area contributed by atoms with Crippen LogP contribution in [0.2, 0.25) is 0 Å². The Morgan fingerprint density at radius 1 is 1.12 bits per heavy atom. The second kappa shape index (κ2) is 8.67. The van der Waals surface area contributed by atoms with E-state index in [9.17, 15) is 13.6 Å². The van der Waals surface area contributed by atoms with Crippen molar-refractivity contribution < 1.29 is 23.0 Å². The van der Waals surface area contributed by atoms with Gasteiger partial charge in [0.05, 0.1) is 12.3 Å². The van der Waals surface area contributed by atoms with Crippen molar-refractivity contribution in [3.05, 3.63) is 60.2 Å². The zero-order valence-corrected chi connectivity index (χ0v) is 13.0. The minimum atomic E-state index is -2.96. The molecule has 0 aliphatic rings. The molecule has 0 unspecified atom stereocenters. The fourth-order valence-corrected chi connectivity index (χ4v) is 2.01. The molecular formula is C18H17F2NO3. The van der Waals surface area contributed by atoms with Crippen LogP contribution in [0.25, 0.3) is 6.08 Å². The summed E-state index contributed by atoms with van der Waals surface area (Å²) in [6, 6.07) is 13.3. The molecular weight excluding hydrogens is 316 g/mol. The number of para-hydroxylation sites is 3. The molecule has 0 saturated carbocycles. The van der Waals surface area contributed by atoms with E-state index in [2.05, 4.69) is 10.1 Å². The Hall–Kier alpha value is -2.89. The summed E-state index contributed by atoms with van der Waals surface area (Å²) in [7, 11) is 0. The molecule has 2 rings (SSSR count). The van der Waals surface area contributed by atoms with Gasteiger partial charge in [-0.15, -0.1) is 0 Å². The molecule has 2 aromatic carbocycles. The maximum absolute atomic E-state index is 12.4. The average Bonchev–Trinajstić information content (AvgIpc) is 2.56. The van der Waals surface area contributed by atoms with Gasteiger partial charge >= 0.3 is 6.61 Å². The number of amides is 1. The number of anilines is 1. The van der Waals surface area contributed by atoms with Crippen LogP contribution in [0.4, 0.5) is 14.5 Å². The van der Waals surface area contributed by atoms with Gasteiger partial charge in [0.25, 0.3) is 0 Å². The SMILES string of the molecule is CCOc1ccccc1/C=C/C(=O)Nc1ccccc1OC(F)F. The molecule has 2 aromatic rings. The van der Waals surface area contributed by atoms with Crippen LogP contribution in [-0.4, -0.2) is 19.1 Å². The van der Waals surface area contributed by atoms with Crippen molar-refractivity contribution in [1.82, 2.24) is 0 Å². The third kappa shape index (κ3) is 5.08. The molecule has 6 heteroatoms. The van der Waals surface area contributed by atoms with Gasteiger partial charge in [0.15, 0.2) is 0 Å². The Balaban J connectivity index is 2.09. The molecule has 0 fully saturated rings. The van der Waals surface area contributed by atoms with E-state index in [1.54, 1.807) is 24.3 Å². The molecule has 0 aromatic heterocycles. The van der Waals surface area contributed by atoms with Gasteiger partial charge in [-0.2, -0.15) is 8.78 Å². The van der Waals surface area contributed by atoms with Crippen LogP contribution in [0.1, 0.15) is 12.5 Å². The van der Waals surface area contributed by atoms with Gasteiger partial charge in [-0.25, -0.2) is 0 Å². The van der Waals surface area contributed by atoms with Gasteiger partial charge in [0, 0.05) is 11.6 Å². The van der Waals surface area contributed by atoms with Crippen molar-refractivity contribution in [2.45, 2.75) is 13.5 Å². The molecule has 0 aliphatic carbocycles. The molecule has 1 N–H and O–H groups in total. The maximum atomic E-state index is 12.4. The summed E-state index contributed by atoms with van der Waals surface area (Å²) >= 11 is 0. The third-order valence-corrected chi connectivity index (χ3v) is 2.99. The molecule has 0 aliphatic heterocycles. The molecule has 24 heavy (non-hydrogen) atoms. The van der Waals surface area contributed by atoms with Crippen LogP contribution in [0.15, 0.2) is 54.6 Å². The van der Waals surface area contributed by atoms with Crippen LogP contribution in [0.5, 0.6) is 11.5 Å². The zero-order valence-electron chi connectivity index (χ0n) is 13.0. The third-order valence-electron chi connectivity index (χ3n) is 2.99. The summed E-state index contributed by atoms with van der Waals surface area (Å²) < 4.78 is 34.6. The van der Waals surface area contributed by atoms with E-state index >= 15 is 0 Å². The topological polar surface area (TPSA) is 47.6 Å². The molecule has 0 atom stereocenters. The quantitative estimate of drug-likeness (QED) is 0.767. The summed E-state index contributed by atoms with van der Waals surface area (Å²) in [5.74, 6) is 0.0982. The van der Waals surface area contributed by atoms with Crippen molar-refractivity contribution in [1.29, 1.82) is 0 Å².